The predicted molar refractivity (Wildman–Crippen MR) is 69.5 cm³/mol. The van der Waals surface area contributed by atoms with Gasteiger partial charge in [-0.25, -0.2) is 0 Å². The van der Waals surface area contributed by atoms with E-state index in [1.807, 2.05) is 0 Å². The van der Waals surface area contributed by atoms with Crippen molar-refractivity contribution in [3.05, 3.63) is 0 Å². The summed E-state index contributed by atoms with van der Waals surface area (Å²) in [7, 11) is 0. The summed E-state index contributed by atoms with van der Waals surface area (Å²) in [6, 6.07) is 0.614. The summed E-state index contributed by atoms with van der Waals surface area (Å²) in [6.45, 7) is 9.57. The highest BCUT2D eigenvalue weighted by atomic mass is 16.3. The molecule has 0 heterocycles. The Balaban J connectivity index is 2.36. The molecule has 0 aromatic rings. The Kier molecular flexibility index (Phi) is 5.26. The molecular weight excluding hydrogens is 198 g/mol. The molecule has 2 atom stereocenters. The van der Waals surface area contributed by atoms with Gasteiger partial charge in [-0.15, -0.1) is 0 Å². The van der Waals surface area contributed by atoms with Gasteiger partial charge in [0.2, 0.25) is 0 Å². The first-order valence-corrected chi connectivity index (χ1v) is 6.94. The molecule has 0 radical (unpaired) electrons. The molecule has 1 aliphatic rings. The fourth-order valence-electron chi connectivity index (χ4n) is 2.95. The fourth-order valence-corrected chi connectivity index (χ4v) is 2.95. The third-order valence-electron chi connectivity index (χ3n) is 4.21. The average Bonchev–Trinajstić information content (AvgIpc) is 2.25. The van der Waals surface area contributed by atoms with Gasteiger partial charge in [-0.3, -0.25) is 0 Å². The molecule has 0 spiro atoms. The van der Waals surface area contributed by atoms with Gasteiger partial charge in [-0.2, -0.15) is 0 Å². The summed E-state index contributed by atoms with van der Waals surface area (Å²) < 4.78 is 0. The first kappa shape index (κ1) is 14.0. The Bertz CT molecular complexity index is 191. The van der Waals surface area contributed by atoms with Gasteiger partial charge in [-0.1, -0.05) is 27.7 Å². The molecule has 1 aliphatic carbocycles. The molecule has 2 N–H and O–H groups in total. The van der Waals surface area contributed by atoms with Crippen LogP contribution in [0.4, 0.5) is 0 Å². The van der Waals surface area contributed by atoms with Gasteiger partial charge < -0.3 is 10.4 Å². The van der Waals surface area contributed by atoms with E-state index in [2.05, 4.69) is 33.0 Å². The summed E-state index contributed by atoms with van der Waals surface area (Å²) >= 11 is 0. The molecule has 1 fully saturated rings. The summed E-state index contributed by atoms with van der Waals surface area (Å²) in [4.78, 5) is 0. The van der Waals surface area contributed by atoms with Gasteiger partial charge in [-0.05, 0) is 43.9 Å². The zero-order valence-electron chi connectivity index (χ0n) is 11.4. The predicted octanol–water partition coefficient (Wildman–Crippen LogP) is 2.95. The Labute approximate surface area is 101 Å². The van der Waals surface area contributed by atoms with Crippen molar-refractivity contribution < 1.29 is 5.11 Å². The highest BCUT2D eigenvalue weighted by Gasteiger charge is 2.27. The van der Waals surface area contributed by atoms with Gasteiger partial charge in [0.05, 0.1) is 5.60 Å². The van der Waals surface area contributed by atoms with E-state index >= 15 is 0 Å². The van der Waals surface area contributed by atoms with Crippen molar-refractivity contribution in [3.8, 4) is 0 Å². The van der Waals surface area contributed by atoms with Crippen molar-refractivity contribution >= 4 is 0 Å². The Morgan fingerprint density at radius 2 is 1.56 bits per heavy atom. The second-order valence-corrected chi connectivity index (χ2v) is 5.93. The highest BCUT2D eigenvalue weighted by molar-refractivity contribution is 4.84. The van der Waals surface area contributed by atoms with E-state index in [9.17, 15) is 5.11 Å². The van der Waals surface area contributed by atoms with E-state index in [1.54, 1.807) is 0 Å². The Hall–Kier alpha value is -0.0800. The number of nitrogens with one attached hydrogen (secondary N) is 1. The molecule has 0 aromatic carbocycles. The lowest BCUT2D eigenvalue weighted by atomic mass is 9.80. The average molecular weight is 227 g/mol. The van der Waals surface area contributed by atoms with Crippen LogP contribution in [0.5, 0.6) is 0 Å². The number of hydrogen-bond donors (Lipinski definition) is 2. The number of rotatable bonds is 5. The van der Waals surface area contributed by atoms with E-state index in [4.69, 9.17) is 0 Å². The second kappa shape index (κ2) is 6.02. The van der Waals surface area contributed by atoms with Crippen LogP contribution in [-0.4, -0.2) is 23.3 Å². The summed E-state index contributed by atoms with van der Waals surface area (Å²) in [6.07, 6.45) is 5.59. The maximum absolute atomic E-state index is 10.2. The molecule has 1 saturated carbocycles. The summed E-state index contributed by atoms with van der Waals surface area (Å²) in [5.41, 5.74) is -0.496. The van der Waals surface area contributed by atoms with Crippen molar-refractivity contribution in [2.75, 3.05) is 6.54 Å². The monoisotopic (exact) mass is 227 g/mol. The lowest BCUT2D eigenvalue weighted by Gasteiger charge is -2.35. The number of aliphatic hydroxyl groups is 1. The van der Waals surface area contributed by atoms with E-state index in [0.717, 1.165) is 31.2 Å². The molecule has 0 saturated heterocycles. The van der Waals surface area contributed by atoms with Crippen molar-refractivity contribution in [3.63, 3.8) is 0 Å². The fraction of sp³-hybridized carbons (Fsp3) is 1.00. The Morgan fingerprint density at radius 3 is 2.00 bits per heavy atom. The second-order valence-electron chi connectivity index (χ2n) is 5.93. The van der Waals surface area contributed by atoms with Gasteiger partial charge in [0.25, 0.3) is 0 Å². The van der Waals surface area contributed by atoms with Gasteiger partial charge >= 0.3 is 0 Å². The van der Waals surface area contributed by atoms with Crippen molar-refractivity contribution in [2.24, 2.45) is 11.8 Å². The smallest absolute Gasteiger partial charge is 0.0766 e. The first-order valence-electron chi connectivity index (χ1n) is 6.94. The van der Waals surface area contributed by atoms with Gasteiger partial charge in [0.15, 0.2) is 0 Å². The van der Waals surface area contributed by atoms with Crippen LogP contribution in [0, 0.1) is 11.8 Å². The SMILES string of the molecule is CCC(O)(CC)CNC1CC(C)CC(C)C1. The zero-order chi connectivity index (χ0) is 12.2. The minimum Gasteiger partial charge on any atom is -0.389 e. The minimum atomic E-state index is -0.496. The lowest BCUT2D eigenvalue weighted by Crippen LogP contribution is -2.46. The molecule has 2 nitrogen and oxygen atoms in total. The molecule has 2 heteroatoms. The van der Waals surface area contributed by atoms with E-state index in [0.29, 0.717) is 6.04 Å². The minimum absolute atomic E-state index is 0.496. The van der Waals surface area contributed by atoms with E-state index in [-0.39, 0.29) is 0 Å². The maximum atomic E-state index is 10.2. The quantitative estimate of drug-likeness (QED) is 0.757. The molecule has 16 heavy (non-hydrogen) atoms. The van der Waals surface area contributed by atoms with Crippen LogP contribution in [0.15, 0.2) is 0 Å². The molecule has 0 bridgehead atoms. The molecule has 2 unspecified atom stereocenters. The summed E-state index contributed by atoms with van der Waals surface area (Å²) in [5.74, 6) is 1.66. The van der Waals surface area contributed by atoms with E-state index < -0.39 is 5.60 Å². The van der Waals surface area contributed by atoms with Crippen LogP contribution in [0.2, 0.25) is 0 Å². The zero-order valence-corrected chi connectivity index (χ0v) is 11.4. The molecule has 96 valence electrons. The Morgan fingerprint density at radius 1 is 1.06 bits per heavy atom. The standard InChI is InChI=1S/C14H29NO/c1-5-14(16,6-2)10-15-13-8-11(3)7-12(4)9-13/h11-13,15-16H,5-10H2,1-4H3. The van der Waals surface area contributed by atoms with Crippen LogP contribution in [0.1, 0.15) is 59.8 Å². The van der Waals surface area contributed by atoms with Crippen LogP contribution in [0.3, 0.4) is 0 Å². The lowest BCUT2D eigenvalue weighted by molar-refractivity contribution is 0.0267. The van der Waals surface area contributed by atoms with Crippen molar-refractivity contribution in [1.29, 1.82) is 0 Å². The van der Waals surface area contributed by atoms with Crippen LogP contribution >= 0.6 is 0 Å². The third-order valence-corrected chi connectivity index (χ3v) is 4.21. The van der Waals surface area contributed by atoms with Gasteiger partial charge in [0, 0.05) is 12.6 Å². The first-order chi connectivity index (χ1) is 7.49. The molecular formula is C14H29NO. The number of hydrogen-bond acceptors (Lipinski definition) is 2. The highest BCUT2D eigenvalue weighted by Crippen LogP contribution is 2.28. The molecule has 0 amide bonds. The van der Waals surface area contributed by atoms with Crippen molar-refractivity contribution in [1.82, 2.24) is 5.32 Å². The molecule has 0 aromatic heterocycles. The van der Waals surface area contributed by atoms with Gasteiger partial charge in [0.1, 0.15) is 0 Å². The third kappa shape index (κ3) is 4.06. The normalized spacial score (nSPS) is 31.7. The molecule has 0 aliphatic heterocycles. The van der Waals surface area contributed by atoms with E-state index in [1.165, 1.54) is 19.3 Å². The van der Waals surface area contributed by atoms with Crippen LogP contribution in [-0.2, 0) is 0 Å². The van der Waals surface area contributed by atoms with Crippen molar-refractivity contribution in [2.45, 2.75) is 71.4 Å². The van der Waals surface area contributed by atoms with Crippen LogP contribution < -0.4 is 5.32 Å². The topological polar surface area (TPSA) is 32.3 Å². The van der Waals surface area contributed by atoms with Crippen LogP contribution in [0.25, 0.3) is 0 Å². The molecule has 1 rings (SSSR count). The summed E-state index contributed by atoms with van der Waals surface area (Å²) in [5, 5.41) is 13.8. The maximum Gasteiger partial charge on any atom is 0.0766 e. The largest absolute Gasteiger partial charge is 0.389 e.